The predicted molar refractivity (Wildman–Crippen MR) is 129 cm³/mol. The average Bonchev–Trinajstić information content (AvgIpc) is 2.84. The normalized spacial score (nSPS) is 11.3. The van der Waals surface area contributed by atoms with E-state index in [0.717, 1.165) is 6.42 Å². The standard InChI is InChI=1S/C23H28N4O6S/c1-4-5-12-19-25-22(28)20(26-34(30,31)15-13-16-9-6-7-14-24-16)23(29)27(19)21-17(32-2)10-8-11-18(21)33-3/h6-11,14,26,28H,4-5,12-13,15H2,1-3H3. The number of rotatable bonds is 11. The molecule has 0 atom stereocenters. The van der Waals surface area contributed by atoms with Gasteiger partial charge in [0.1, 0.15) is 23.0 Å². The Morgan fingerprint density at radius 3 is 2.35 bits per heavy atom. The number of aryl methyl sites for hydroxylation is 2. The lowest BCUT2D eigenvalue weighted by atomic mass is 10.2. The van der Waals surface area contributed by atoms with Crippen LogP contribution >= 0.6 is 0 Å². The van der Waals surface area contributed by atoms with Crippen LogP contribution in [0.1, 0.15) is 31.3 Å². The van der Waals surface area contributed by atoms with Crippen molar-refractivity contribution in [3.8, 4) is 23.1 Å². The SMILES string of the molecule is CCCCc1nc(O)c(NS(=O)(=O)CCc2ccccn2)c(=O)n1-c1c(OC)cccc1OC. The molecule has 182 valence electrons. The van der Waals surface area contributed by atoms with Crippen molar-refractivity contribution >= 4 is 15.7 Å². The number of nitrogens with one attached hydrogen (secondary N) is 1. The second-order valence-electron chi connectivity index (χ2n) is 7.47. The van der Waals surface area contributed by atoms with Crippen molar-refractivity contribution in [2.24, 2.45) is 0 Å². The first-order valence-electron chi connectivity index (χ1n) is 10.8. The van der Waals surface area contributed by atoms with Gasteiger partial charge >= 0.3 is 0 Å². The number of pyridine rings is 1. The topological polar surface area (TPSA) is 133 Å². The number of aromatic hydroxyl groups is 1. The third-order valence-corrected chi connectivity index (χ3v) is 6.38. The van der Waals surface area contributed by atoms with Crippen LogP contribution in [0.25, 0.3) is 5.69 Å². The average molecular weight is 489 g/mol. The molecule has 11 heteroatoms. The highest BCUT2D eigenvalue weighted by atomic mass is 32.2. The minimum absolute atomic E-state index is 0.132. The van der Waals surface area contributed by atoms with Crippen molar-refractivity contribution in [1.82, 2.24) is 14.5 Å². The summed E-state index contributed by atoms with van der Waals surface area (Å²) in [6.45, 7) is 1.98. The summed E-state index contributed by atoms with van der Waals surface area (Å²) >= 11 is 0. The van der Waals surface area contributed by atoms with Crippen molar-refractivity contribution in [1.29, 1.82) is 0 Å². The number of hydrogen-bond acceptors (Lipinski definition) is 8. The van der Waals surface area contributed by atoms with Gasteiger partial charge in [-0.1, -0.05) is 25.5 Å². The molecule has 0 bridgehead atoms. The summed E-state index contributed by atoms with van der Waals surface area (Å²) in [5.41, 5.74) is -0.483. The first-order valence-corrected chi connectivity index (χ1v) is 12.4. The van der Waals surface area contributed by atoms with E-state index in [2.05, 4.69) is 14.7 Å². The van der Waals surface area contributed by atoms with Crippen molar-refractivity contribution in [3.05, 3.63) is 64.5 Å². The molecule has 3 aromatic rings. The van der Waals surface area contributed by atoms with Gasteiger partial charge in [-0.05, 0) is 30.7 Å². The van der Waals surface area contributed by atoms with Crippen LogP contribution in [0.5, 0.6) is 17.4 Å². The molecule has 0 saturated heterocycles. The molecule has 0 spiro atoms. The van der Waals surface area contributed by atoms with E-state index in [4.69, 9.17) is 9.47 Å². The quantitative estimate of drug-likeness (QED) is 0.421. The summed E-state index contributed by atoms with van der Waals surface area (Å²) in [6, 6.07) is 10.2. The number of nitrogens with zero attached hydrogens (tertiary/aromatic N) is 3. The first kappa shape index (κ1) is 25.0. The molecule has 0 fully saturated rings. The molecule has 2 aromatic heterocycles. The molecule has 1 aromatic carbocycles. The van der Waals surface area contributed by atoms with E-state index in [0.29, 0.717) is 30.0 Å². The van der Waals surface area contributed by atoms with E-state index in [1.54, 1.807) is 42.6 Å². The number of anilines is 1. The molecule has 0 aliphatic rings. The molecular formula is C23H28N4O6S. The second-order valence-corrected chi connectivity index (χ2v) is 9.32. The third-order valence-electron chi connectivity index (χ3n) is 5.12. The molecule has 0 radical (unpaired) electrons. The fraction of sp³-hybridized carbons (Fsp3) is 0.348. The maximum Gasteiger partial charge on any atom is 0.286 e. The fourth-order valence-electron chi connectivity index (χ4n) is 3.42. The Bertz CT molecular complexity index is 1270. The highest BCUT2D eigenvalue weighted by Gasteiger charge is 2.25. The molecule has 3 rings (SSSR count). The summed E-state index contributed by atoms with van der Waals surface area (Å²) in [5.74, 6) is -0.115. The minimum atomic E-state index is -4.00. The Morgan fingerprint density at radius 2 is 1.76 bits per heavy atom. The van der Waals surface area contributed by atoms with Gasteiger partial charge < -0.3 is 14.6 Å². The largest absolute Gasteiger partial charge is 0.494 e. The first-order chi connectivity index (χ1) is 16.3. The molecule has 0 aliphatic heterocycles. The van der Waals surface area contributed by atoms with Gasteiger partial charge in [-0.2, -0.15) is 4.98 Å². The van der Waals surface area contributed by atoms with Crippen LogP contribution in [0.2, 0.25) is 0 Å². The Kier molecular flexibility index (Phi) is 8.11. The van der Waals surface area contributed by atoms with Crippen LogP contribution in [0.4, 0.5) is 5.69 Å². The summed E-state index contributed by atoms with van der Waals surface area (Å²) in [7, 11) is -1.11. The molecule has 34 heavy (non-hydrogen) atoms. The molecule has 2 heterocycles. The Morgan fingerprint density at radius 1 is 1.06 bits per heavy atom. The summed E-state index contributed by atoms with van der Waals surface area (Å²) in [5, 5.41) is 10.5. The van der Waals surface area contributed by atoms with Crippen molar-refractivity contribution in [2.75, 3.05) is 24.7 Å². The second kappa shape index (κ2) is 11.0. The Labute approximate surface area is 198 Å². The number of aromatic nitrogens is 3. The number of ether oxygens (including phenoxy) is 2. The molecule has 0 amide bonds. The van der Waals surface area contributed by atoms with E-state index in [1.807, 2.05) is 6.92 Å². The maximum absolute atomic E-state index is 13.6. The van der Waals surface area contributed by atoms with Crippen molar-refractivity contribution in [3.63, 3.8) is 0 Å². The van der Waals surface area contributed by atoms with Gasteiger partial charge in [0.2, 0.25) is 15.9 Å². The van der Waals surface area contributed by atoms with Crippen LogP contribution < -0.4 is 19.8 Å². The number of methoxy groups -OCH3 is 2. The van der Waals surface area contributed by atoms with Gasteiger partial charge in [-0.25, -0.2) is 8.42 Å². The lowest BCUT2D eigenvalue weighted by Gasteiger charge is -2.19. The van der Waals surface area contributed by atoms with Gasteiger partial charge in [-0.15, -0.1) is 0 Å². The van der Waals surface area contributed by atoms with Crippen molar-refractivity contribution < 1.29 is 23.0 Å². The summed E-state index contributed by atoms with van der Waals surface area (Å²) in [6.07, 6.45) is 3.58. The predicted octanol–water partition coefficient (Wildman–Crippen LogP) is 2.68. The highest BCUT2D eigenvalue weighted by Crippen LogP contribution is 2.33. The van der Waals surface area contributed by atoms with E-state index in [9.17, 15) is 18.3 Å². The van der Waals surface area contributed by atoms with E-state index in [1.165, 1.54) is 18.8 Å². The van der Waals surface area contributed by atoms with Gasteiger partial charge in [0.15, 0.2) is 5.69 Å². The Balaban J connectivity index is 2.10. The van der Waals surface area contributed by atoms with Gasteiger partial charge in [0, 0.05) is 24.7 Å². The highest BCUT2D eigenvalue weighted by molar-refractivity contribution is 7.92. The van der Waals surface area contributed by atoms with Crippen LogP contribution in [0.3, 0.4) is 0 Å². The van der Waals surface area contributed by atoms with E-state index >= 15 is 0 Å². The van der Waals surface area contributed by atoms with E-state index in [-0.39, 0.29) is 23.7 Å². The molecule has 0 aliphatic carbocycles. The summed E-state index contributed by atoms with van der Waals surface area (Å²) in [4.78, 5) is 21.9. The Hall–Kier alpha value is -3.60. The molecule has 2 N–H and O–H groups in total. The summed E-state index contributed by atoms with van der Waals surface area (Å²) < 4.78 is 39.8. The third kappa shape index (κ3) is 5.66. The monoisotopic (exact) mass is 488 g/mol. The van der Waals surface area contributed by atoms with Crippen molar-refractivity contribution in [2.45, 2.75) is 32.6 Å². The molecule has 10 nitrogen and oxygen atoms in total. The smallest absolute Gasteiger partial charge is 0.286 e. The minimum Gasteiger partial charge on any atom is -0.494 e. The fourth-order valence-corrected chi connectivity index (χ4v) is 4.49. The zero-order chi connectivity index (χ0) is 24.7. The van der Waals surface area contributed by atoms with Crippen LogP contribution in [-0.2, 0) is 22.9 Å². The zero-order valence-corrected chi connectivity index (χ0v) is 20.1. The van der Waals surface area contributed by atoms with E-state index < -0.39 is 27.1 Å². The van der Waals surface area contributed by atoms with Crippen LogP contribution in [0, 0.1) is 0 Å². The molecule has 0 unspecified atom stereocenters. The number of hydrogen-bond donors (Lipinski definition) is 2. The van der Waals surface area contributed by atoms with Gasteiger partial charge in [0.05, 0.1) is 20.0 Å². The number of para-hydroxylation sites is 1. The molecule has 0 saturated carbocycles. The maximum atomic E-state index is 13.6. The van der Waals surface area contributed by atoms with Crippen LogP contribution in [0.15, 0.2) is 47.4 Å². The molecular weight excluding hydrogens is 460 g/mol. The van der Waals surface area contributed by atoms with Gasteiger partial charge in [-0.3, -0.25) is 19.1 Å². The number of unbranched alkanes of at least 4 members (excludes halogenated alkanes) is 1. The lowest BCUT2D eigenvalue weighted by Crippen LogP contribution is -2.30. The number of benzene rings is 1. The van der Waals surface area contributed by atoms with Crippen LogP contribution in [-0.4, -0.2) is 48.0 Å². The lowest BCUT2D eigenvalue weighted by molar-refractivity contribution is 0.388. The zero-order valence-electron chi connectivity index (χ0n) is 19.3. The number of sulfonamides is 1. The van der Waals surface area contributed by atoms with Gasteiger partial charge in [0.25, 0.3) is 5.56 Å².